The Bertz CT molecular complexity index is 741. The van der Waals surface area contributed by atoms with Gasteiger partial charge in [0.1, 0.15) is 23.0 Å². The van der Waals surface area contributed by atoms with E-state index >= 15 is 0 Å². The summed E-state index contributed by atoms with van der Waals surface area (Å²) in [6, 6.07) is 8.19. The summed E-state index contributed by atoms with van der Waals surface area (Å²) in [7, 11) is 6.82. The monoisotopic (exact) mass is 450 g/mol. The summed E-state index contributed by atoms with van der Waals surface area (Å²) in [5, 5.41) is 0. The summed E-state index contributed by atoms with van der Waals surface area (Å²) < 4.78 is 22.9. The van der Waals surface area contributed by atoms with Gasteiger partial charge in [0.2, 0.25) is 0 Å². The zero-order chi connectivity index (χ0) is 21.9. The lowest BCUT2D eigenvalue weighted by Crippen LogP contribution is -1.97. The second-order valence-corrected chi connectivity index (χ2v) is 9.08. The van der Waals surface area contributed by atoms with E-state index < -0.39 is 0 Å². The minimum atomic E-state index is 0.793. The van der Waals surface area contributed by atoms with Crippen molar-refractivity contribution in [2.45, 2.75) is 49.3 Å². The van der Waals surface area contributed by atoms with Crippen molar-refractivity contribution in [1.82, 2.24) is 0 Å². The molecule has 0 fully saturated rings. The number of benzene rings is 2. The highest BCUT2D eigenvalue weighted by molar-refractivity contribution is 7.99. The molecule has 2 aromatic rings. The van der Waals surface area contributed by atoms with Crippen LogP contribution in [0.4, 0.5) is 0 Å². The fourth-order valence-corrected chi connectivity index (χ4v) is 5.29. The van der Waals surface area contributed by atoms with Gasteiger partial charge in [-0.05, 0) is 48.6 Å². The lowest BCUT2D eigenvalue weighted by Gasteiger charge is -2.19. The summed E-state index contributed by atoms with van der Waals surface area (Å²) in [5.74, 6) is 5.37. The molecular weight excluding hydrogens is 416 g/mol. The lowest BCUT2D eigenvalue weighted by atomic mass is 10.0. The van der Waals surface area contributed by atoms with Crippen LogP contribution in [-0.2, 0) is 0 Å². The topological polar surface area (TPSA) is 36.9 Å². The summed E-state index contributed by atoms with van der Waals surface area (Å²) in [5.41, 5.74) is 1.85. The number of hydrogen-bond acceptors (Lipinski definition) is 6. The highest BCUT2D eigenvalue weighted by Crippen LogP contribution is 2.46. The molecule has 2 rings (SSSR count). The Hall–Kier alpha value is -1.66. The Labute approximate surface area is 190 Å². The number of hydrogen-bond donors (Lipinski definition) is 0. The molecule has 0 amide bonds. The maximum atomic E-state index is 5.76. The Morgan fingerprint density at radius 1 is 0.567 bits per heavy atom. The molecule has 166 valence electrons. The molecule has 0 aliphatic rings. The normalized spacial score (nSPS) is 10.7. The van der Waals surface area contributed by atoms with Gasteiger partial charge in [-0.15, -0.1) is 23.5 Å². The van der Waals surface area contributed by atoms with Crippen molar-refractivity contribution in [2.24, 2.45) is 0 Å². The van der Waals surface area contributed by atoms with Crippen LogP contribution in [0.15, 0.2) is 34.1 Å². The fraction of sp³-hybridized carbons (Fsp3) is 0.500. The largest absolute Gasteiger partial charge is 0.496 e. The SMILES string of the molecule is CCCCSc1cc(OC)c(-c2cc(OC)c(SCCCC)cc2OC)cc1OC. The summed E-state index contributed by atoms with van der Waals surface area (Å²) in [6.45, 7) is 4.40. The first-order chi connectivity index (χ1) is 14.6. The maximum Gasteiger partial charge on any atom is 0.133 e. The first-order valence-electron chi connectivity index (χ1n) is 10.4. The second-order valence-electron chi connectivity index (χ2n) is 6.81. The van der Waals surface area contributed by atoms with Crippen molar-refractivity contribution in [1.29, 1.82) is 0 Å². The van der Waals surface area contributed by atoms with Crippen LogP contribution in [0.1, 0.15) is 39.5 Å². The molecule has 30 heavy (non-hydrogen) atoms. The first kappa shape index (κ1) is 24.6. The molecule has 6 heteroatoms. The Kier molecular flexibility index (Phi) is 10.6. The predicted molar refractivity (Wildman–Crippen MR) is 129 cm³/mol. The van der Waals surface area contributed by atoms with Crippen LogP contribution in [0.5, 0.6) is 23.0 Å². The maximum absolute atomic E-state index is 5.76. The van der Waals surface area contributed by atoms with Crippen molar-refractivity contribution in [2.75, 3.05) is 39.9 Å². The molecule has 0 aromatic heterocycles. The van der Waals surface area contributed by atoms with Crippen LogP contribution < -0.4 is 18.9 Å². The Morgan fingerprint density at radius 2 is 0.933 bits per heavy atom. The molecule has 0 saturated carbocycles. The van der Waals surface area contributed by atoms with Gasteiger partial charge in [0.25, 0.3) is 0 Å². The smallest absolute Gasteiger partial charge is 0.133 e. The Morgan fingerprint density at radius 3 is 1.23 bits per heavy atom. The van der Waals surface area contributed by atoms with E-state index in [4.69, 9.17) is 18.9 Å². The van der Waals surface area contributed by atoms with E-state index in [0.717, 1.165) is 55.4 Å². The number of thioether (sulfide) groups is 2. The standard InChI is InChI=1S/C24H34O4S2/c1-7-9-11-29-23-15-19(25-3)17(13-21(23)27-5)18-14-22(28-6)24(16-20(18)26-4)30-12-10-8-2/h13-16H,7-12H2,1-6H3. The van der Waals surface area contributed by atoms with Gasteiger partial charge >= 0.3 is 0 Å². The van der Waals surface area contributed by atoms with E-state index in [1.807, 2.05) is 12.1 Å². The molecule has 0 spiro atoms. The molecule has 2 aromatic carbocycles. The third-order valence-electron chi connectivity index (χ3n) is 4.77. The molecule has 4 nitrogen and oxygen atoms in total. The van der Waals surface area contributed by atoms with Crippen LogP contribution in [-0.4, -0.2) is 39.9 Å². The van der Waals surface area contributed by atoms with Crippen molar-refractivity contribution >= 4 is 23.5 Å². The van der Waals surface area contributed by atoms with Gasteiger partial charge in [-0.3, -0.25) is 0 Å². The number of methoxy groups -OCH3 is 4. The minimum Gasteiger partial charge on any atom is -0.496 e. The van der Waals surface area contributed by atoms with Crippen LogP contribution in [0.2, 0.25) is 0 Å². The molecule has 0 saturated heterocycles. The average Bonchev–Trinajstić information content (AvgIpc) is 2.78. The predicted octanol–water partition coefficient (Wildman–Crippen LogP) is 7.17. The van der Waals surface area contributed by atoms with Crippen molar-refractivity contribution in [3.63, 3.8) is 0 Å². The summed E-state index contributed by atoms with van der Waals surface area (Å²) >= 11 is 3.59. The summed E-state index contributed by atoms with van der Waals surface area (Å²) in [6.07, 6.45) is 4.68. The highest BCUT2D eigenvalue weighted by Gasteiger charge is 2.19. The van der Waals surface area contributed by atoms with Gasteiger partial charge in [-0.1, -0.05) is 26.7 Å². The zero-order valence-electron chi connectivity index (χ0n) is 19.0. The quantitative estimate of drug-likeness (QED) is 0.238. The third kappa shape index (κ3) is 6.17. The Balaban J connectivity index is 2.52. The number of rotatable bonds is 13. The summed E-state index contributed by atoms with van der Waals surface area (Å²) in [4.78, 5) is 2.17. The van der Waals surface area contributed by atoms with Crippen LogP contribution in [0.25, 0.3) is 11.1 Å². The van der Waals surface area contributed by atoms with Crippen molar-refractivity contribution < 1.29 is 18.9 Å². The molecule has 0 heterocycles. The molecule has 0 atom stereocenters. The van der Waals surface area contributed by atoms with Gasteiger partial charge in [-0.25, -0.2) is 0 Å². The van der Waals surface area contributed by atoms with E-state index in [2.05, 4.69) is 26.0 Å². The highest BCUT2D eigenvalue weighted by atomic mass is 32.2. The molecular formula is C24H34O4S2. The van der Waals surface area contributed by atoms with Gasteiger partial charge < -0.3 is 18.9 Å². The molecule has 0 unspecified atom stereocenters. The van der Waals surface area contributed by atoms with E-state index in [1.165, 1.54) is 25.7 Å². The number of unbranched alkanes of at least 4 members (excludes halogenated alkanes) is 2. The molecule has 0 aliphatic carbocycles. The lowest BCUT2D eigenvalue weighted by molar-refractivity contribution is 0.391. The molecule has 0 bridgehead atoms. The molecule has 0 radical (unpaired) electrons. The van der Waals surface area contributed by atoms with E-state index in [9.17, 15) is 0 Å². The fourth-order valence-electron chi connectivity index (χ4n) is 3.04. The van der Waals surface area contributed by atoms with Crippen LogP contribution in [0, 0.1) is 0 Å². The second kappa shape index (κ2) is 12.9. The molecule has 0 aliphatic heterocycles. The van der Waals surface area contributed by atoms with E-state index in [-0.39, 0.29) is 0 Å². The van der Waals surface area contributed by atoms with Gasteiger partial charge in [-0.2, -0.15) is 0 Å². The van der Waals surface area contributed by atoms with E-state index in [0.29, 0.717) is 0 Å². The van der Waals surface area contributed by atoms with Gasteiger partial charge in [0.05, 0.1) is 38.2 Å². The van der Waals surface area contributed by atoms with Gasteiger partial charge in [0.15, 0.2) is 0 Å². The number of ether oxygens (including phenoxy) is 4. The minimum absolute atomic E-state index is 0.793. The first-order valence-corrected chi connectivity index (χ1v) is 12.4. The van der Waals surface area contributed by atoms with E-state index in [1.54, 1.807) is 52.0 Å². The van der Waals surface area contributed by atoms with Crippen LogP contribution >= 0.6 is 23.5 Å². The molecule has 0 N–H and O–H groups in total. The third-order valence-corrected chi connectivity index (χ3v) is 7.02. The van der Waals surface area contributed by atoms with Crippen molar-refractivity contribution in [3.8, 4) is 34.1 Å². The van der Waals surface area contributed by atoms with Crippen molar-refractivity contribution in [3.05, 3.63) is 24.3 Å². The average molecular weight is 451 g/mol. The zero-order valence-corrected chi connectivity index (χ0v) is 20.6. The van der Waals surface area contributed by atoms with Gasteiger partial charge in [0, 0.05) is 11.1 Å². The van der Waals surface area contributed by atoms with Crippen LogP contribution in [0.3, 0.4) is 0 Å².